The Morgan fingerprint density at radius 1 is 1.62 bits per heavy atom. The highest BCUT2D eigenvalue weighted by molar-refractivity contribution is 5.06. The summed E-state index contributed by atoms with van der Waals surface area (Å²) in [5.74, 6) is -2.60. The topological polar surface area (TPSA) is 20.2 Å². The molecule has 0 saturated heterocycles. The molecule has 1 atom stereocenters. The Hall–Kier alpha value is -0.180. The summed E-state index contributed by atoms with van der Waals surface area (Å²) in [6.45, 7) is 0.979. The zero-order chi connectivity index (χ0) is 6.41. The van der Waals surface area contributed by atoms with Crippen molar-refractivity contribution in [3.8, 4) is 0 Å². The van der Waals surface area contributed by atoms with Crippen LogP contribution < -0.4 is 0 Å². The van der Waals surface area contributed by atoms with E-state index in [0.717, 1.165) is 0 Å². The SMILES string of the molecule is CC1(CO)CC1(F)F. The minimum atomic E-state index is -2.60. The van der Waals surface area contributed by atoms with Gasteiger partial charge in [-0.3, -0.25) is 0 Å². The number of aliphatic hydroxyl groups is 1. The molecule has 0 bridgehead atoms. The van der Waals surface area contributed by atoms with Crippen LogP contribution in [0.5, 0.6) is 0 Å². The lowest BCUT2D eigenvalue weighted by Gasteiger charge is -2.01. The van der Waals surface area contributed by atoms with Crippen LogP contribution in [0.1, 0.15) is 13.3 Å². The van der Waals surface area contributed by atoms with Crippen LogP contribution in [0.4, 0.5) is 8.78 Å². The predicted octanol–water partition coefficient (Wildman–Crippen LogP) is 1.02. The summed E-state index contributed by atoms with van der Waals surface area (Å²) in [6, 6.07) is 0. The second-order valence-electron chi connectivity index (χ2n) is 2.60. The molecule has 1 rings (SSSR count). The zero-order valence-electron chi connectivity index (χ0n) is 4.62. The fourth-order valence-corrected chi connectivity index (χ4v) is 0.617. The van der Waals surface area contributed by atoms with Crippen molar-refractivity contribution in [1.29, 1.82) is 0 Å². The molecule has 0 aliphatic heterocycles. The van der Waals surface area contributed by atoms with Crippen LogP contribution in [-0.4, -0.2) is 17.6 Å². The van der Waals surface area contributed by atoms with Gasteiger partial charge in [-0.2, -0.15) is 0 Å². The van der Waals surface area contributed by atoms with E-state index in [0.29, 0.717) is 0 Å². The van der Waals surface area contributed by atoms with E-state index in [1.165, 1.54) is 6.92 Å². The van der Waals surface area contributed by atoms with E-state index in [2.05, 4.69) is 0 Å². The van der Waals surface area contributed by atoms with Crippen molar-refractivity contribution in [3.63, 3.8) is 0 Å². The summed E-state index contributed by atoms with van der Waals surface area (Å²) in [4.78, 5) is 0. The summed E-state index contributed by atoms with van der Waals surface area (Å²) in [6.07, 6.45) is -0.156. The highest BCUT2D eigenvalue weighted by Crippen LogP contribution is 2.59. The van der Waals surface area contributed by atoms with Crippen molar-refractivity contribution >= 4 is 0 Å². The van der Waals surface area contributed by atoms with E-state index in [-0.39, 0.29) is 6.42 Å². The molecule has 1 saturated carbocycles. The Morgan fingerprint density at radius 2 is 2.00 bits per heavy atom. The molecular weight excluding hydrogens is 114 g/mol. The second-order valence-corrected chi connectivity index (χ2v) is 2.60. The normalized spacial score (nSPS) is 42.0. The standard InChI is InChI=1S/C5H8F2O/c1-4(3-8)2-5(4,6)7/h8H,2-3H2,1H3. The van der Waals surface area contributed by atoms with Crippen LogP contribution in [0.2, 0.25) is 0 Å². The maximum atomic E-state index is 12.0. The van der Waals surface area contributed by atoms with Gasteiger partial charge in [0.1, 0.15) is 0 Å². The maximum Gasteiger partial charge on any atom is 0.256 e. The van der Waals surface area contributed by atoms with E-state index in [1.807, 2.05) is 0 Å². The molecule has 0 spiro atoms. The van der Waals surface area contributed by atoms with Crippen molar-refractivity contribution in [2.45, 2.75) is 19.3 Å². The van der Waals surface area contributed by atoms with Crippen LogP contribution in [0.25, 0.3) is 0 Å². The molecule has 3 heteroatoms. The Morgan fingerprint density at radius 3 is 2.00 bits per heavy atom. The highest BCUT2D eigenvalue weighted by Gasteiger charge is 2.67. The first kappa shape index (κ1) is 5.95. The van der Waals surface area contributed by atoms with E-state index in [1.54, 1.807) is 0 Å². The molecule has 8 heavy (non-hydrogen) atoms. The second kappa shape index (κ2) is 1.21. The van der Waals surface area contributed by atoms with Gasteiger partial charge in [0.2, 0.25) is 0 Å². The van der Waals surface area contributed by atoms with Gasteiger partial charge < -0.3 is 5.11 Å². The van der Waals surface area contributed by atoms with E-state index < -0.39 is 17.9 Å². The lowest BCUT2D eigenvalue weighted by atomic mass is 10.2. The Kier molecular flexibility index (Phi) is 0.899. The number of hydrogen-bond donors (Lipinski definition) is 1. The zero-order valence-corrected chi connectivity index (χ0v) is 4.62. The lowest BCUT2D eigenvalue weighted by Crippen LogP contribution is -2.10. The molecule has 0 amide bonds. The molecule has 1 N–H and O–H groups in total. The first-order valence-electron chi connectivity index (χ1n) is 2.50. The van der Waals surface area contributed by atoms with Crippen molar-refractivity contribution in [3.05, 3.63) is 0 Å². The van der Waals surface area contributed by atoms with Gasteiger partial charge in [-0.05, 0) is 0 Å². The number of aliphatic hydroxyl groups excluding tert-OH is 1. The number of alkyl halides is 2. The highest BCUT2D eigenvalue weighted by atomic mass is 19.3. The summed E-state index contributed by atoms with van der Waals surface area (Å²) < 4.78 is 24.0. The maximum absolute atomic E-state index is 12.0. The first-order chi connectivity index (χ1) is 3.52. The van der Waals surface area contributed by atoms with E-state index >= 15 is 0 Å². The van der Waals surface area contributed by atoms with Crippen LogP contribution in [0, 0.1) is 5.41 Å². The van der Waals surface area contributed by atoms with Gasteiger partial charge >= 0.3 is 0 Å². The molecule has 0 aromatic heterocycles. The molecule has 1 nitrogen and oxygen atoms in total. The van der Waals surface area contributed by atoms with Crippen molar-refractivity contribution in [1.82, 2.24) is 0 Å². The van der Waals surface area contributed by atoms with Crippen molar-refractivity contribution < 1.29 is 13.9 Å². The molecule has 0 aromatic rings. The molecule has 1 fully saturated rings. The minimum absolute atomic E-state index is 0.156. The smallest absolute Gasteiger partial charge is 0.256 e. The van der Waals surface area contributed by atoms with E-state index in [9.17, 15) is 8.78 Å². The third-order valence-electron chi connectivity index (χ3n) is 1.72. The quantitative estimate of drug-likeness (QED) is 0.550. The molecule has 0 radical (unpaired) electrons. The molecule has 48 valence electrons. The van der Waals surface area contributed by atoms with Crippen LogP contribution >= 0.6 is 0 Å². The number of rotatable bonds is 1. The molecule has 0 aromatic carbocycles. The fourth-order valence-electron chi connectivity index (χ4n) is 0.617. The van der Waals surface area contributed by atoms with Gasteiger partial charge in [0, 0.05) is 6.42 Å². The monoisotopic (exact) mass is 122 g/mol. The van der Waals surface area contributed by atoms with Crippen LogP contribution in [-0.2, 0) is 0 Å². The van der Waals surface area contributed by atoms with Crippen LogP contribution in [0.15, 0.2) is 0 Å². The Labute approximate surface area is 46.3 Å². The molecular formula is C5H8F2O. The van der Waals surface area contributed by atoms with E-state index in [4.69, 9.17) is 5.11 Å². The van der Waals surface area contributed by atoms with Crippen molar-refractivity contribution in [2.75, 3.05) is 6.61 Å². The summed E-state index contributed by atoms with van der Waals surface area (Å²) in [5, 5.41) is 8.32. The minimum Gasteiger partial charge on any atom is -0.396 e. The fraction of sp³-hybridized carbons (Fsp3) is 1.00. The van der Waals surface area contributed by atoms with Gasteiger partial charge in [0.25, 0.3) is 5.92 Å². The summed E-state index contributed by atoms with van der Waals surface area (Å²) in [7, 11) is 0. The molecule has 1 unspecified atom stereocenters. The predicted molar refractivity (Wildman–Crippen MR) is 24.8 cm³/mol. The average Bonchev–Trinajstić information content (AvgIpc) is 2.10. The summed E-state index contributed by atoms with van der Waals surface area (Å²) in [5.41, 5.74) is -1.09. The van der Waals surface area contributed by atoms with Gasteiger partial charge in [-0.15, -0.1) is 0 Å². The number of hydrogen-bond acceptors (Lipinski definition) is 1. The largest absolute Gasteiger partial charge is 0.396 e. The number of halogens is 2. The van der Waals surface area contributed by atoms with Gasteiger partial charge in [-0.1, -0.05) is 6.92 Å². The Bertz CT molecular complexity index is 113. The average molecular weight is 122 g/mol. The molecule has 0 heterocycles. The summed E-state index contributed by atoms with van der Waals surface area (Å²) >= 11 is 0. The third kappa shape index (κ3) is 0.540. The van der Waals surface area contributed by atoms with Gasteiger partial charge in [-0.25, -0.2) is 8.78 Å². The Balaban J connectivity index is 2.55. The van der Waals surface area contributed by atoms with Crippen LogP contribution in [0.3, 0.4) is 0 Å². The first-order valence-corrected chi connectivity index (χ1v) is 2.50. The lowest BCUT2D eigenvalue weighted by molar-refractivity contribution is 0.0449. The van der Waals surface area contributed by atoms with Gasteiger partial charge in [0.05, 0.1) is 12.0 Å². The molecule has 1 aliphatic carbocycles. The third-order valence-corrected chi connectivity index (χ3v) is 1.72. The van der Waals surface area contributed by atoms with Gasteiger partial charge in [0.15, 0.2) is 0 Å². The van der Waals surface area contributed by atoms with Crippen molar-refractivity contribution in [2.24, 2.45) is 5.41 Å². The molecule has 1 aliphatic rings.